The second kappa shape index (κ2) is 12.2. The lowest BCUT2D eigenvalue weighted by Crippen LogP contribution is -2.31. The van der Waals surface area contributed by atoms with Crippen LogP contribution in [0, 0.1) is 0 Å². The molecule has 0 bridgehead atoms. The van der Waals surface area contributed by atoms with E-state index in [-0.39, 0.29) is 11.9 Å². The quantitative estimate of drug-likeness (QED) is 0.364. The Morgan fingerprint density at radius 3 is 2.56 bits per heavy atom. The first-order chi connectivity index (χ1) is 17.6. The molecule has 0 spiro atoms. The maximum absolute atomic E-state index is 12.7. The molecule has 1 heterocycles. The Kier molecular flexibility index (Phi) is 8.56. The number of hydrogen-bond donors (Lipinski definition) is 1. The molecule has 1 aliphatic rings. The molecule has 5 nitrogen and oxygen atoms in total. The van der Waals surface area contributed by atoms with Gasteiger partial charge in [0, 0.05) is 24.5 Å². The highest BCUT2D eigenvalue weighted by Crippen LogP contribution is 2.38. The van der Waals surface area contributed by atoms with Crippen LogP contribution in [-0.2, 0) is 17.6 Å². The van der Waals surface area contributed by atoms with Crippen LogP contribution >= 0.6 is 0 Å². The van der Waals surface area contributed by atoms with Gasteiger partial charge < -0.3 is 14.8 Å². The van der Waals surface area contributed by atoms with Crippen molar-refractivity contribution in [2.75, 3.05) is 14.2 Å². The monoisotopic (exact) mass is 482 g/mol. The van der Waals surface area contributed by atoms with Crippen LogP contribution in [-0.4, -0.2) is 31.2 Å². The van der Waals surface area contributed by atoms with Gasteiger partial charge >= 0.3 is 0 Å². The van der Waals surface area contributed by atoms with Gasteiger partial charge in [-0.1, -0.05) is 30.3 Å². The third-order valence-corrected chi connectivity index (χ3v) is 6.60. The molecular formula is C31H34N2O3. The lowest BCUT2D eigenvalue weighted by atomic mass is 9.82. The second-order valence-electron chi connectivity index (χ2n) is 9.15. The SMILES string of the molecule is COc1ccc(C2=C(/C=C/C(=O)N[C@H](C)CCCc3cccnc3)CCc3cc(OC)ccc32)cc1. The van der Waals surface area contributed by atoms with E-state index in [4.69, 9.17) is 9.47 Å². The number of carbonyl (C=O) groups is 1. The number of ether oxygens (including phenoxy) is 2. The smallest absolute Gasteiger partial charge is 0.244 e. The van der Waals surface area contributed by atoms with Crippen molar-refractivity contribution < 1.29 is 14.3 Å². The zero-order valence-corrected chi connectivity index (χ0v) is 21.3. The third kappa shape index (κ3) is 6.42. The molecule has 0 saturated heterocycles. The summed E-state index contributed by atoms with van der Waals surface area (Å²) in [6.45, 7) is 2.06. The summed E-state index contributed by atoms with van der Waals surface area (Å²) in [7, 11) is 3.36. The summed E-state index contributed by atoms with van der Waals surface area (Å²) in [5, 5.41) is 3.11. The minimum Gasteiger partial charge on any atom is -0.497 e. The fourth-order valence-electron chi connectivity index (χ4n) is 4.68. The Morgan fingerprint density at radius 2 is 1.83 bits per heavy atom. The molecule has 0 fully saturated rings. The minimum atomic E-state index is -0.0639. The van der Waals surface area contributed by atoms with E-state index in [1.165, 1.54) is 16.7 Å². The fourth-order valence-corrected chi connectivity index (χ4v) is 4.68. The number of hydrogen-bond acceptors (Lipinski definition) is 4. The number of nitrogens with zero attached hydrogens (tertiary/aromatic N) is 1. The number of methoxy groups -OCH3 is 2. The van der Waals surface area contributed by atoms with Crippen molar-refractivity contribution in [3.8, 4) is 11.5 Å². The summed E-state index contributed by atoms with van der Waals surface area (Å²) in [4.78, 5) is 16.9. The summed E-state index contributed by atoms with van der Waals surface area (Å²) >= 11 is 0. The molecule has 3 aromatic rings. The van der Waals surface area contributed by atoms with E-state index in [0.717, 1.165) is 60.3 Å². The first-order valence-corrected chi connectivity index (χ1v) is 12.5. The average molecular weight is 483 g/mol. The first kappa shape index (κ1) is 25.2. The van der Waals surface area contributed by atoms with Crippen LogP contribution < -0.4 is 14.8 Å². The molecule has 1 aliphatic carbocycles. The second-order valence-corrected chi connectivity index (χ2v) is 9.15. The van der Waals surface area contributed by atoms with Crippen LogP contribution in [0.15, 0.2) is 84.7 Å². The van der Waals surface area contributed by atoms with Crippen molar-refractivity contribution >= 4 is 11.5 Å². The Hall–Kier alpha value is -3.86. The average Bonchev–Trinajstić information content (AvgIpc) is 2.92. The summed E-state index contributed by atoms with van der Waals surface area (Å²) in [5.41, 5.74) is 7.06. The highest BCUT2D eigenvalue weighted by molar-refractivity contribution is 5.91. The van der Waals surface area contributed by atoms with Crippen LogP contribution in [0.2, 0.25) is 0 Å². The van der Waals surface area contributed by atoms with Crippen LogP contribution in [0.4, 0.5) is 0 Å². The van der Waals surface area contributed by atoms with Crippen LogP contribution in [0.1, 0.15) is 48.4 Å². The molecule has 0 radical (unpaired) electrons. The van der Waals surface area contributed by atoms with Crippen molar-refractivity contribution in [1.82, 2.24) is 10.3 Å². The van der Waals surface area contributed by atoms with Gasteiger partial charge in [0.15, 0.2) is 0 Å². The topological polar surface area (TPSA) is 60.5 Å². The van der Waals surface area contributed by atoms with Gasteiger partial charge in [-0.2, -0.15) is 0 Å². The first-order valence-electron chi connectivity index (χ1n) is 12.5. The lowest BCUT2D eigenvalue weighted by molar-refractivity contribution is -0.117. The number of aromatic nitrogens is 1. The lowest BCUT2D eigenvalue weighted by Gasteiger charge is -2.23. The predicted molar refractivity (Wildman–Crippen MR) is 144 cm³/mol. The minimum absolute atomic E-state index is 0.0639. The van der Waals surface area contributed by atoms with Gasteiger partial charge in [0.2, 0.25) is 5.91 Å². The van der Waals surface area contributed by atoms with Gasteiger partial charge in [-0.05, 0) is 103 Å². The Balaban J connectivity index is 1.49. The number of carbonyl (C=O) groups excluding carboxylic acids is 1. The van der Waals surface area contributed by atoms with Crippen molar-refractivity contribution in [3.05, 3.63) is 107 Å². The van der Waals surface area contributed by atoms with Gasteiger partial charge in [0.05, 0.1) is 14.2 Å². The predicted octanol–water partition coefficient (Wildman–Crippen LogP) is 5.93. The number of fused-ring (bicyclic) bond motifs is 1. The molecular weight excluding hydrogens is 448 g/mol. The summed E-state index contributed by atoms with van der Waals surface area (Å²) in [5.74, 6) is 1.61. The number of amides is 1. The number of benzene rings is 2. The van der Waals surface area contributed by atoms with E-state index in [9.17, 15) is 4.79 Å². The fraction of sp³-hybridized carbons (Fsp3) is 0.290. The van der Waals surface area contributed by atoms with Crippen molar-refractivity contribution in [3.63, 3.8) is 0 Å². The van der Waals surface area contributed by atoms with E-state index in [2.05, 4.69) is 47.6 Å². The van der Waals surface area contributed by atoms with E-state index in [1.807, 2.05) is 36.5 Å². The zero-order valence-electron chi connectivity index (χ0n) is 21.3. The number of nitrogens with one attached hydrogen (secondary N) is 1. The summed E-state index contributed by atoms with van der Waals surface area (Å²) in [6.07, 6.45) is 12.0. The Morgan fingerprint density at radius 1 is 1.06 bits per heavy atom. The Labute approximate surface area is 213 Å². The van der Waals surface area contributed by atoms with Crippen molar-refractivity contribution in [2.24, 2.45) is 0 Å². The van der Waals surface area contributed by atoms with Crippen LogP contribution in [0.5, 0.6) is 11.5 Å². The molecule has 0 aliphatic heterocycles. The molecule has 1 amide bonds. The highest BCUT2D eigenvalue weighted by Gasteiger charge is 2.20. The molecule has 0 unspecified atom stereocenters. The largest absolute Gasteiger partial charge is 0.497 e. The zero-order chi connectivity index (χ0) is 25.3. The number of aryl methyl sites for hydroxylation is 2. The maximum atomic E-state index is 12.7. The standard InChI is InChI=1S/C31H34N2O3/c1-22(6-4-7-23-8-5-19-32-21-23)33-30(34)18-13-24-9-10-26-20-28(36-3)16-17-29(26)31(24)25-11-14-27(35-2)15-12-25/h5,8,11-22H,4,6-7,9-10H2,1-3H3,(H,33,34)/b18-13+/t22-/m1/s1. The Bertz CT molecular complexity index is 1230. The molecule has 1 N–H and O–H groups in total. The van der Waals surface area contributed by atoms with Gasteiger partial charge in [-0.3, -0.25) is 9.78 Å². The normalized spacial score (nSPS) is 13.9. The molecule has 5 heteroatoms. The van der Waals surface area contributed by atoms with Crippen molar-refractivity contribution in [2.45, 2.75) is 45.1 Å². The molecule has 1 aromatic heterocycles. The van der Waals surface area contributed by atoms with E-state index in [1.54, 1.807) is 26.5 Å². The van der Waals surface area contributed by atoms with Gasteiger partial charge in [-0.25, -0.2) is 0 Å². The summed E-state index contributed by atoms with van der Waals surface area (Å²) < 4.78 is 10.8. The van der Waals surface area contributed by atoms with Gasteiger partial charge in [-0.15, -0.1) is 0 Å². The van der Waals surface area contributed by atoms with Crippen LogP contribution in [0.3, 0.4) is 0 Å². The van der Waals surface area contributed by atoms with Crippen molar-refractivity contribution in [1.29, 1.82) is 0 Å². The van der Waals surface area contributed by atoms with E-state index < -0.39 is 0 Å². The van der Waals surface area contributed by atoms with E-state index >= 15 is 0 Å². The molecule has 4 rings (SSSR count). The highest BCUT2D eigenvalue weighted by atomic mass is 16.5. The van der Waals surface area contributed by atoms with Crippen LogP contribution in [0.25, 0.3) is 5.57 Å². The van der Waals surface area contributed by atoms with Gasteiger partial charge in [0.1, 0.15) is 11.5 Å². The molecule has 1 atom stereocenters. The molecule has 0 saturated carbocycles. The molecule has 2 aromatic carbocycles. The number of pyridine rings is 1. The number of rotatable bonds is 10. The third-order valence-electron chi connectivity index (χ3n) is 6.60. The molecule has 186 valence electrons. The van der Waals surface area contributed by atoms with Gasteiger partial charge in [0.25, 0.3) is 0 Å². The van der Waals surface area contributed by atoms with E-state index in [0.29, 0.717) is 0 Å². The maximum Gasteiger partial charge on any atom is 0.244 e. The molecule has 36 heavy (non-hydrogen) atoms. The summed E-state index contributed by atoms with van der Waals surface area (Å²) in [6, 6.07) is 18.5. The number of allylic oxidation sites excluding steroid dienone is 2.